The molecule has 0 aliphatic carbocycles. The Bertz CT molecular complexity index is 656. The van der Waals surface area contributed by atoms with Crippen LogP contribution < -0.4 is 15.4 Å². The van der Waals surface area contributed by atoms with E-state index in [-0.39, 0.29) is 24.0 Å². The lowest BCUT2D eigenvalue weighted by Crippen LogP contribution is -2.38. The third-order valence-corrected chi connectivity index (χ3v) is 3.42. The monoisotopic (exact) mass is 457 g/mol. The van der Waals surface area contributed by atoms with Crippen molar-refractivity contribution < 1.29 is 4.74 Å². The van der Waals surface area contributed by atoms with E-state index in [0.29, 0.717) is 13.2 Å². The Balaban J connectivity index is 0.00000312. The topological polar surface area (TPSA) is 63.5 Å². The molecule has 0 aliphatic rings. The highest BCUT2D eigenvalue weighted by molar-refractivity contribution is 14.0. The average molecular weight is 457 g/mol. The van der Waals surface area contributed by atoms with Gasteiger partial charge in [-0.05, 0) is 32.4 Å². The second kappa shape index (κ2) is 11.7. The van der Waals surface area contributed by atoms with Crippen LogP contribution in [-0.2, 0) is 13.1 Å². The average Bonchev–Trinajstić information content (AvgIpc) is 2.99. The molecule has 2 rings (SSSR count). The molecule has 6 nitrogen and oxygen atoms in total. The second-order valence-electron chi connectivity index (χ2n) is 5.44. The van der Waals surface area contributed by atoms with Gasteiger partial charge in [0, 0.05) is 24.8 Å². The number of aliphatic imine (C=N–C) groups is 1. The molecular formula is C18H28IN5O. The number of aromatic nitrogens is 2. The lowest BCUT2D eigenvalue weighted by atomic mass is 10.2. The van der Waals surface area contributed by atoms with Gasteiger partial charge < -0.3 is 15.4 Å². The summed E-state index contributed by atoms with van der Waals surface area (Å²) in [7, 11) is 0. The molecule has 0 atom stereocenters. The van der Waals surface area contributed by atoms with Crippen molar-refractivity contribution in [3.8, 4) is 5.75 Å². The Morgan fingerprint density at radius 2 is 2.04 bits per heavy atom. The van der Waals surface area contributed by atoms with Gasteiger partial charge in [-0.3, -0.25) is 4.68 Å². The molecule has 0 bridgehead atoms. The fourth-order valence-electron chi connectivity index (χ4n) is 2.31. The minimum absolute atomic E-state index is 0. The van der Waals surface area contributed by atoms with Crippen molar-refractivity contribution >= 4 is 29.9 Å². The number of halogens is 1. The highest BCUT2D eigenvalue weighted by atomic mass is 127. The van der Waals surface area contributed by atoms with Gasteiger partial charge in [0.25, 0.3) is 0 Å². The van der Waals surface area contributed by atoms with Crippen LogP contribution in [-0.4, -0.2) is 35.4 Å². The van der Waals surface area contributed by atoms with E-state index in [0.717, 1.165) is 36.9 Å². The summed E-state index contributed by atoms with van der Waals surface area (Å²) in [5.74, 6) is 1.69. The zero-order valence-corrected chi connectivity index (χ0v) is 17.5. The van der Waals surface area contributed by atoms with Crippen LogP contribution in [0.5, 0.6) is 5.75 Å². The number of para-hydroxylation sites is 1. The van der Waals surface area contributed by atoms with Crippen LogP contribution in [0.1, 0.15) is 25.0 Å². The molecule has 1 aromatic carbocycles. The number of aryl methyl sites for hydroxylation is 1. The van der Waals surface area contributed by atoms with Crippen molar-refractivity contribution in [3.05, 3.63) is 47.8 Å². The van der Waals surface area contributed by atoms with Gasteiger partial charge in [0.05, 0.1) is 25.9 Å². The van der Waals surface area contributed by atoms with Gasteiger partial charge in [-0.2, -0.15) is 5.10 Å². The third-order valence-electron chi connectivity index (χ3n) is 3.42. The van der Waals surface area contributed by atoms with Gasteiger partial charge in [0.2, 0.25) is 0 Å². The second-order valence-corrected chi connectivity index (χ2v) is 5.44. The number of rotatable bonds is 8. The largest absolute Gasteiger partial charge is 0.494 e. The van der Waals surface area contributed by atoms with E-state index in [1.807, 2.05) is 55.2 Å². The van der Waals surface area contributed by atoms with E-state index >= 15 is 0 Å². The third kappa shape index (κ3) is 7.33. The summed E-state index contributed by atoms with van der Waals surface area (Å²) in [6.45, 7) is 9.70. The molecule has 0 aliphatic heterocycles. The summed E-state index contributed by atoms with van der Waals surface area (Å²) in [4.78, 5) is 4.65. The molecule has 138 valence electrons. The Kier molecular flexibility index (Phi) is 9.98. The number of nitrogens with one attached hydrogen (secondary N) is 2. The lowest BCUT2D eigenvalue weighted by molar-refractivity contribution is 0.336. The number of hydrogen-bond donors (Lipinski definition) is 2. The SMILES string of the molecule is CCNC(=NCc1ccccc1OCC)NCCn1cc(C)cn1.I. The van der Waals surface area contributed by atoms with Crippen LogP contribution in [0.2, 0.25) is 0 Å². The van der Waals surface area contributed by atoms with Crippen LogP contribution >= 0.6 is 24.0 Å². The molecule has 1 aromatic heterocycles. The minimum Gasteiger partial charge on any atom is -0.494 e. The Labute approximate surface area is 167 Å². The van der Waals surface area contributed by atoms with E-state index in [1.54, 1.807) is 0 Å². The quantitative estimate of drug-likeness (QED) is 0.364. The standard InChI is InChI=1S/C18H27N5O.HI/c1-4-19-18(20-10-11-23-14-15(3)12-22-23)21-13-16-8-6-7-9-17(16)24-5-2;/h6-9,12,14H,4-5,10-11,13H2,1-3H3,(H2,19,20,21);1H. The maximum atomic E-state index is 5.65. The van der Waals surface area contributed by atoms with E-state index in [4.69, 9.17) is 4.74 Å². The lowest BCUT2D eigenvalue weighted by Gasteiger charge is -2.12. The van der Waals surface area contributed by atoms with Crippen molar-refractivity contribution in [3.63, 3.8) is 0 Å². The normalized spacial score (nSPS) is 10.9. The molecule has 0 radical (unpaired) electrons. The molecule has 0 saturated carbocycles. The molecule has 0 unspecified atom stereocenters. The predicted molar refractivity (Wildman–Crippen MR) is 113 cm³/mol. The zero-order chi connectivity index (χ0) is 17.2. The molecule has 2 N–H and O–H groups in total. The number of benzene rings is 1. The molecule has 25 heavy (non-hydrogen) atoms. The molecule has 0 amide bonds. The van der Waals surface area contributed by atoms with Crippen molar-refractivity contribution in [2.45, 2.75) is 33.9 Å². The minimum atomic E-state index is 0. The Hall–Kier alpha value is -1.77. The van der Waals surface area contributed by atoms with Crippen molar-refractivity contribution in [1.82, 2.24) is 20.4 Å². The first-order valence-electron chi connectivity index (χ1n) is 8.44. The highest BCUT2D eigenvalue weighted by Crippen LogP contribution is 2.18. The highest BCUT2D eigenvalue weighted by Gasteiger charge is 2.03. The number of ether oxygens (including phenoxy) is 1. The molecule has 0 fully saturated rings. The molecule has 0 spiro atoms. The number of guanidine groups is 1. The van der Waals surface area contributed by atoms with Gasteiger partial charge in [-0.1, -0.05) is 18.2 Å². The first kappa shape index (κ1) is 21.3. The summed E-state index contributed by atoms with van der Waals surface area (Å²) < 4.78 is 7.58. The summed E-state index contributed by atoms with van der Waals surface area (Å²) in [6, 6.07) is 8.01. The Morgan fingerprint density at radius 1 is 1.24 bits per heavy atom. The first-order chi connectivity index (χ1) is 11.7. The fourth-order valence-corrected chi connectivity index (χ4v) is 2.31. The van der Waals surface area contributed by atoms with Crippen LogP contribution in [0.25, 0.3) is 0 Å². The molecule has 2 aromatic rings. The first-order valence-corrected chi connectivity index (χ1v) is 8.44. The maximum absolute atomic E-state index is 5.65. The summed E-state index contributed by atoms with van der Waals surface area (Å²) in [5, 5.41) is 10.9. The van der Waals surface area contributed by atoms with Gasteiger partial charge in [-0.25, -0.2) is 4.99 Å². The van der Waals surface area contributed by atoms with Gasteiger partial charge >= 0.3 is 0 Å². The van der Waals surface area contributed by atoms with E-state index in [9.17, 15) is 0 Å². The van der Waals surface area contributed by atoms with Gasteiger partial charge in [0.15, 0.2) is 5.96 Å². The summed E-state index contributed by atoms with van der Waals surface area (Å²) in [6.07, 6.45) is 3.90. The smallest absolute Gasteiger partial charge is 0.191 e. The summed E-state index contributed by atoms with van der Waals surface area (Å²) >= 11 is 0. The van der Waals surface area contributed by atoms with Gasteiger partial charge in [0.1, 0.15) is 5.75 Å². The maximum Gasteiger partial charge on any atom is 0.191 e. The van der Waals surface area contributed by atoms with Crippen LogP contribution in [0, 0.1) is 6.92 Å². The van der Waals surface area contributed by atoms with Crippen molar-refractivity contribution in [2.75, 3.05) is 19.7 Å². The van der Waals surface area contributed by atoms with Crippen molar-refractivity contribution in [1.29, 1.82) is 0 Å². The number of hydrogen-bond acceptors (Lipinski definition) is 3. The molecular weight excluding hydrogens is 429 g/mol. The fraction of sp³-hybridized carbons (Fsp3) is 0.444. The Morgan fingerprint density at radius 3 is 2.72 bits per heavy atom. The summed E-state index contributed by atoms with van der Waals surface area (Å²) in [5.41, 5.74) is 2.25. The van der Waals surface area contributed by atoms with Crippen LogP contribution in [0.15, 0.2) is 41.7 Å². The van der Waals surface area contributed by atoms with Gasteiger partial charge in [-0.15, -0.1) is 24.0 Å². The van der Waals surface area contributed by atoms with E-state index < -0.39 is 0 Å². The van der Waals surface area contributed by atoms with Crippen LogP contribution in [0.3, 0.4) is 0 Å². The molecule has 7 heteroatoms. The zero-order valence-electron chi connectivity index (χ0n) is 15.2. The van der Waals surface area contributed by atoms with E-state index in [2.05, 4.69) is 27.6 Å². The molecule has 0 saturated heterocycles. The predicted octanol–water partition coefficient (Wildman–Crippen LogP) is 2.96. The number of nitrogens with zero attached hydrogens (tertiary/aromatic N) is 3. The molecule has 1 heterocycles. The van der Waals surface area contributed by atoms with Crippen molar-refractivity contribution in [2.24, 2.45) is 4.99 Å². The van der Waals surface area contributed by atoms with Crippen LogP contribution in [0.4, 0.5) is 0 Å². The van der Waals surface area contributed by atoms with E-state index in [1.165, 1.54) is 5.56 Å².